The zero-order valence-corrected chi connectivity index (χ0v) is 9.27. The van der Waals surface area contributed by atoms with E-state index in [2.05, 4.69) is 22.5 Å². The number of aromatic nitrogens is 2. The maximum atomic E-state index is 5.93. The summed E-state index contributed by atoms with van der Waals surface area (Å²) < 4.78 is 2.22. The van der Waals surface area contributed by atoms with Gasteiger partial charge >= 0.3 is 0 Å². The molecule has 0 amide bonds. The highest BCUT2D eigenvalue weighted by molar-refractivity contribution is 5.76. The monoisotopic (exact) mass is 203 g/mol. The lowest BCUT2D eigenvalue weighted by atomic mass is 10.3. The number of benzene rings is 1. The number of nitrogens with zero attached hydrogens (tertiary/aromatic N) is 2. The van der Waals surface area contributed by atoms with E-state index in [0.29, 0.717) is 0 Å². The van der Waals surface area contributed by atoms with Gasteiger partial charge in [0, 0.05) is 6.54 Å². The van der Waals surface area contributed by atoms with Crippen molar-refractivity contribution in [2.75, 3.05) is 0 Å². The highest BCUT2D eigenvalue weighted by atomic mass is 15.1. The van der Waals surface area contributed by atoms with Crippen LogP contribution in [-0.4, -0.2) is 9.55 Å². The summed E-state index contributed by atoms with van der Waals surface area (Å²) in [4.78, 5) is 4.57. The van der Waals surface area contributed by atoms with E-state index in [1.807, 2.05) is 25.1 Å². The van der Waals surface area contributed by atoms with Crippen LogP contribution in [0.4, 0.5) is 0 Å². The average molecular weight is 203 g/mol. The average Bonchev–Trinajstić information content (AvgIpc) is 2.58. The zero-order valence-electron chi connectivity index (χ0n) is 9.27. The van der Waals surface area contributed by atoms with Crippen LogP contribution in [0.1, 0.15) is 32.1 Å². The van der Waals surface area contributed by atoms with E-state index in [9.17, 15) is 0 Å². The van der Waals surface area contributed by atoms with Crippen LogP contribution in [0.25, 0.3) is 11.0 Å². The number of para-hydroxylation sites is 2. The van der Waals surface area contributed by atoms with Gasteiger partial charge in [-0.2, -0.15) is 0 Å². The molecule has 1 aromatic carbocycles. The lowest BCUT2D eigenvalue weighted by Crippen LogP contribution is -2.13. The number of hydrogen-bond acceptors (Lipinski definition) is 2. The van der Waals surface area contributed by atoms with Crippen LogP contribution in [0.2, 0.25) is 0 Å². The van der Waals surface area contributed by atoms with Gasteiger partial charge in [0.1, 0.15) is 5.82 Å². The van der Waals surface area contributed by atoms with Crippen LogP contribution in [0.15, 0.2) is 24.3 Å². The first-order valence-corrected chi connectivity index (χ1v) is 5.44. The molecule has 2 aromatic rings. The van der Waals surface area contributed by atoms with Crippen molar-refractivity contribution in [2.45, 2.75) is 32.9 Å². The molecule has 0 aliphatic heterocycles. The van der Waals surface area contributed by atoms with Gasteiger partial charge in [0.05, 0.1) is 17.1 Å². The Morgan fingerprint density at radius 1 is 1.40 bits per heavy atom. The number of hydrogen-bond donors (Lipinski definition) is 1. The Morgan fingerprint density at radius 3 is 2.80 bits per heavy atom. The summed E-state index contributed by atoms with van der Waals surface area (Å²) in [6, 6.07) is 8.18. The fourth-order valence-corrected chi connectivity index (χ4v) is 1.90. The smallest absolute Gasteiger partial charge is 0.126 e. The summed E-state index contributed by atoms with van der Waals surface area (Å²) in [5, 5.41) is 0. The molecule has 2 N–H and O–H groups in total. The summed E-state index contributed by atoms with van der Waals surface area (Å²) in [6.07, 6.45) is 1.10. The standard InChI is InChI=1S/C12H17N3/c1-3-8-15-11-7-5-4-6-10(11)14-12(15)9(2)13/h4-7,9H,3,8,13H2,1-2H3. The molecular formula is C12H17N3. The molecule has 2 rings (SSSR count). The minimum atomic E-state index is -0.0102. The molecule has 3 nitrogen and oxygen atoms in total. The van der Waals surface area contributed by atoms with E-state index >= 15 is 0 Å². The first-order valence-electron chi connectivity index (χ1n) is 5.44. The van der Waals surface area contributed by atoms with Crippen LogP contribution in [0.5, 0.6) is 0 Å². The molecule has 0 aliphatic carbocycles. The van der Waals surface area contributed by atoms with Gasteiger partial charge < -0.3 is 10.3 Å². The molecule has 0 fully saturated rings. The van der Waals surface area contributed by atoms with Gasteiger partial charge in [0.25, 0.3) is 0 Å². The fourth-order valence-electron chi connectivity index (χ4n) is 1.90. The summed E-state index contributed by atoms with van der Waals surface area (Å²) in [5.74, 6) is 0.984. The van der Waals surface area contributed by atoms with Gasteiger partial charge in [0.2, 0.25) is 0 Å². The quantitative estimate of drug-likeness (QED) is 0.832. The van der Waals surface area contributed by atoms with Crippen molar-refractivity contribution in [3.63, 3.8) is 0 Å². The van der Waals surface area contributed by atoms with Crippen molar-refractivity contribution in [3.05, 3.63) is 30.1 Å². The van der Waals surface area contributed by atoms with Gasteiger partial charge in [-0.3, -0.25) is 0 Å². The lowest BCUT2D eigenvalue weighted by molar-refractivity contribution is 0.613. The summed E-state index contributed by atoms with van der Waals surface area (Å²) in [6.45, 7) is 5.13. The van der Waals surface area contributed by atoms with Crippen molar-refractivity contribution in [3.8, 4) is 0 Å². The second-order valence-corrected chi connectivity index (χ2v) is 3.90. The Balaban J connectivity index is 2.63. The van der Waals surface area contributed by atoms with Gasteiger partial charge in [-0.1, -0.05) is 19.1 Å². The molecule has 15 heavy (non-hydrogen) atoms. The Kier molecular flexibility index (Phi) is 2.73. The van der Waals surface area contributed by atoms with Crippen LogP contribution in [0, 0.1) is 0 Å². The van der Waals surface area contributed by atoms with E-state index in [1.165, 1.54) is 5.52 Å². The molecule has 0 saturated heterocycles. The Hall–Kier alpha value is -1.35. The number of imidazole rings is 1. The third-order valence-corrected chi connectivity index (χ3v) is 2.54. The first kappa shape index (κ1) is 10.2. The molecule has 0 aliphatic rings. The Morgan fingerprint density at radius 2 is 2.13 bits per heavy atom. The van der Waals surface area contributed by atoms with Crippen LogP contribution < -0.4 is 5.73 Å². The van der Waals surface area contributed by atoms with Crippen LogP contribution >= 0.6 is 0 Å². The van der Waals surface area contributed by atoms with Crippen molar-refractivity contribution in [1.29, 1.82) is 0 Å². The third kappa shape index (κ3) is 1.75. The van der Waals surface area contributed by atoms with Crippen molar-refractivity contribution >= 4 is 11.0 Å². The largest absolute Gasteiger partial charge is 0.327 e. The van der Waals surface area contributed by atoms with Crippen molar-refractivity contribution in [1.82, 2.24) is 9.55 Å². The molecular weight excluding hydrogens is 186 g/mol. The van der Waals surface area contributed by atoms with Gasteiger partial charge in [-0.05, 0) is 25.5 Å². The molecule has 1 atom stereocenters. The molecule has 3 heteroatoms. The Labute approximate surface area is 89.9 Å². The SMILES string of the molecule is CCCn1c(C(C)N)nc2ccccc21. The molecule has 0 bridgehead atoms. The number of nitrogens with two attached hydrogens (primary N) is 1. The predicted molar refractivity (Wildman–Crippen MR) is 62.6 cm³/mol. The van der Waals surface area contributed by atoms with Crippen molar-refractivity contribution < 1.29 is 0 Å². The van der Waals surface area contributed by atoms with E-state index in [4.69, 9.17) is 5.73 Å². The van der Waals surface area contributed by atoms with Gasteiger partial charge in [-0.25, -0.2) is 4.98 Å². The van der Waals surface area contributed by atoms with E-state index < -0.39 is 0 Å². The lowest BCUT2D eigenvalue weighted by Gasteiger charge is -2.09. The highest BCUT2D eigenvalue weighted by Crippen LogP contribution is 2.19. The summed E-state index contributed by atoms with van der Waals surface area (Å²) >= 11 is 0. The maximum Gasteiger partial charge on any atom is 0.126 e. The number of aryl methyl sites for hydroxylation is 1. The van der Waals surface area contributed by atoms with E-state index in [1.54, 1.807) is 0 Å². The minimum absolute atomic E-state index is 0.0102. The molecule has 1 unspecified atom stereocenters. The molecule has 0 saturated carbocycles. The molecule has 1 aromatic heterocycles. The molecule has 80 valence electrons. The Bertz CT molecular complexity index is 457. The van der Waals surface area contributed by atoms with Gasteiger partial charge in [-0.15, -0.1) is 0 Å². The summed E-state index contributed by atoms with van der Waals surface area (Å²) in [5.41, 5.74) is 8.15. The number of fused-ring (bicyclic) bond motifs is 1. The molecule has 1 heterocycles. The summed E-state index contributed by atoms with van der Waals surface area (Å²) in [7, 11) is 0. The highest BCUT2D eigenvalue weighted by Gasteiger charge is 2.12. The molecule has 0 radical (unpaired) electrons. The molecule has 0 spiro atoms. The maximum absolute atomic E-state index is 5.93. The second-order valence-electron chi connectivity index (χ2n) is 3.90. The van der Waals surface area contributed by atoms with Crippen molar-refractivity contribution in [2.24, 2.45) is 5.73 Å². The van der Waals surface area contributed by atoms with Crippen LogP contribution in [0.3, 0.4) is 0 Å². The predicted octanol–water partition coefficient (Wildman–Crippen LogP) is 2.47. The second kappa shape index (κ2) is 4.03. The minimum Gasteiger partial charge on any atom is -0.327 e. The van der Waals surface area contributed by atoms with Crippen LogP contribution in [-0.2, 0) is 6.54 Å². The topological polar surface area (TPSA) is 43.8 Å². The first-order chi connectivity index (χ1) is 7.24. The fraction of sp³-hybridized carbons (Fsp3) is 0.417. The number of rotatable bonds is 3. The normalized spacial score (nSPS) is 13.3. The van der Waals surface area contributed by atoms with E-state index in [0.717, 1.165) is 24.3 Å². The van der Waals surface area contributed by atoms with Gasteiger partial charge in [0.15, 0.2) is 0 Å². The third-order valence-electron chi connectivity index (χ3n) is 2.54. The zero-order chi connectivity index (χ0) is 10.8. The van der Waals surface area contributed by atoms with E-state index in [-0.39, 0.29) is 6.04 Å².